The summed E-state index contributed by atoms with van der Waals surface area (Å²) in [6, 6.07) is 7.42. The lowest BCUT2D eigenvalue weighted by atomic mass is 10.2. The highest BCUT2D eigenvalue weighted by Crippen LogP contribution is 2.41. The summed E-state index contributed by atoms with van der Waals surface area (Å²) in [5.41, 5.74) is 6.15. The number of benzene rings is 1. The maximum Gasteiger partial charge on any atom is 0.356 e. The van der Waals surface area contributed by atoms with Crippen molar-refractivity contribution >= 4 is 22.6 Å². The van der Waals surface area contributed by atoms with Crippen LogP contribution in [0.5, 0.6) is 5.88 Å². The van der Waals surface area contributed by atoms with Gasteiger partial charge in [-0.25, -0.2) is 4.79 Å². The molecule has 0 radical (unpaired) electrons. The molecule has 2 amide bonds. The molecule has 1 atom stereocenters. The van der Waals surface area contributed by atoms with Crippen molar-refractivity contribution in [2.75, 3.05) is 6.54 Å². The summed E-state index contributed by atoms with van der Waals surface area (Å²) >= 11 is 0. The molecule has 1 unspecified atom stereocenters. The van der Waals surface area contributed by atoms with Crippen LogP contribution in [0.3, 0.4) is 0 Å². The zero-order chi connectivity index (χ0) is 18.7. The highest BCUT2D eigenvalue weighted by molar-refractivity contribution is 5.95. The van der Waals surface area contributed by atoms with E-state index in [9.17, 15) is 9.90 Å². The van der Waals surface area contributed by atoms with Gasteiger partial charge in [-0.15, -0.1) is 5.11 Å². The average molecular weight is 345 g/mol. The first kappa shape index (κ1) is 18.9. The fourth-order valence-corrected chi connectivity index (χ4v) is 3.28. The normalized spacial score (nSPS) is 13.6. The lowest BCUT2D eigenvalue weighted by Gasteiger charge is -2.33. The monoisotopic (exact) mass is 345 g/mol. The second-order valence-corrected chi connectivity index (χ2v) is 6.83. The largest absolute Gasteiger partial charge is 0.493 e. The Balaban J connectivity index is 2.50. The van der Waals surface area contributed by atoms with Gasteiger partial charge in [0.05, 0.1) is 5.52 Å². The van der Waals surface area contributed by atoms with Crippen molar-refractivity contribution < 1.29 is 9.90 Å². The van der Waals surface area contributed by atoms with Crippen LogP contribution in [0.4, 0.5) is 10.5 Å². The molecule has 0 bridgehead atoms. The van der Waals surface area contributed by atoms with Crippen LogP contribution in [-0.4, -0.2) is 39.2 Å². The van der Waals surface area contributed by atoms with Crippen molar-refractivity contribution in [3.05, 3.63) is 24.3 Å². The summed E-state index contributed by atoms with van der Waals surface area (Å²) in [5, 5.41) is 18.7. The minimum Gasteiger partial charge on any atom is -0.493 e. The van der Waals surface area contributed by atoms with E-state index in [2.05, 4.69) is 49.7 Å². The van der Waals surface area contributed by atoms with Gasteiger partial charge in [0.25, 0.3) is 0 Å². The van der Waals surface area contributed by atoms with E-state index in [-0.39, 0.29) is 17.6 Å². The maximum atomic E-state index is 10.9. The lowest BCUT2D eigenvalue weighted by molar-refractivity contribution is 0.151. The molecule has 1 heterocycles. The minimum atomic E-state index is -0.893. The molecule has 1 aromatic heterocycles. The fraction of sp³-hybridized carbons (Fsp3) is 0.500. The molecule has 0 saturated heterocycles. The summed E-state index contributed by atoms with van der Waals surface area (Å²) in [6.07, 6.45) is 0. The number of carbonyl (C=O) groups excluding carboxylic acids is 1. The smallest absolute Gasteiger partial charge is 0.356 e. The zero-order valence-electron chi connectivity index (χ0n) is 15.5. The third kappa shape index (κ3) is 3.99. The van der Waals surface area contributed by atoms with Crippen LogP contribution < -0.4 is 5.73 Å². The number of nitrogens with two attached hydrogens (primary N) is 1. The van der Waals surface area contributed by atoms with Gasteiger partial charge in [0.2, 0.25) is 5.88 Å². The van der Waals surface area contributed by atoms with Crippen LogP contribution in [0.2, 0.25) is 0 Å². The minimum absolute atomic E-state index is 0.00669. The highest BCUT2D eigenvalue weighted by Gasteiger charge is 2.23. The van der Waals surface area contributed by atoms with E-state index in [1.807, 2.05) is 28.8 Å². The first-order valence-electron chi connectivity index (χ1n) is 8.52. The Labute approximate surface area is 148 Å². The molecule has 0 aliphatic heterocycles. The van der Waals surface area contributed by atoms with Crippen molar-refractivity contribution in [3.8, 4) is 5.88 Å². The molecule has 0 fully saturated rings. The zero-order valence-corrected chi connectivity index (χ0v) is 15.5. The molecule has 0 aliphatic rings. The number of rotatable bonds is 6. The number of fused-ring (bicyclic) bond motifs is 1. The topological polar surface area (TPSA) is 96.2 Å². The summed E-state index contributed by atoms with van der Waals surface area (Å²) in [7, 11) is 0. The second kappa shape index (κ2) is 7.65. The van der Waals surface area contributed by atoms with E-state index in [1.165, 1.54) is 0 Å². The summed E-state index contributed by atoms with van der Waals surface area (Å²) in [5.74, 6) is -0.00818. The molecular formula is C18H27N5O2. The van der Waals surface area contributed by atoms with Crippen molar-refractivity contribution in [2.45, 2.75) is 52.7 Å². The molecule has 0 aliphatic carbocycles. The van der Waals surface area contributed by atoms with Crippen LogP contribution in [0.25, 0.3) is 10.9 Å². The Bertz CT molecular complexity index is 771. The molecule has 2 rings (SSSR count). The average Bonchev–Trinajstić information content (AvgIpc) is 2.81. The molecule has 7 heteroatoms. The molecule has 0 saturated carbocycles. The Morgan fingerprint density at radius 3 is 2.36 bits per heavy atom. The first-order chi connectivity index (χ1) is 11.7. The van der Waals surface area contributed by atoms with E-state index in [1.54, 1.807) is 0 Å². The molecule has 3 N–H and O–H groups in total. The first-order valence-corrected chi connectivity index (χ1v) is 8.52. The third-order valence-electron chi connectivity index (χ3n) is 4.35. The Hall–Kier alpha value is -2.41. The van der Waals surface area contributed by atoms with Gasteiger partial charge in [0.15, 0.2) is 5.69 Å². The Morgan fingerprint density at radius 2 is 1.80 bits per heavy atom. The third-order valence-corrected chi connectivity index (χ3v) is 4.35. The molecular weight excluding hydrogens is 318 g/mol. The summed E-state index contributed by atoms with van der Waals surface area (Å²) in [4.78, 5) is 13.3. The number of azo groups is 1. The van der Waals surface area contributed by atoms with Gasteiger partial charge in [0.1, 0.15) is 0 Å². The van der Waals surface area contributed by atoms with Crippen molar-refractivity contribution in [3.63, 3.8) is 0 Å². The van der Waals surface area contributed by atoms with Gasteiger partial charge < -0.3 is 15.4 Å². The van der Waals surface area contributed by atoms with Crippen LogP contribution in [-0.2, 0) is 0 Å². The number of aromatic hydroxyl groups is 1. The standard InChI is InChI=1S/C18H27N5O2/c1-11(2)22(12(3)4)10-13(5)23-15-9-7-6-8-14(15)16(17(23)24)20-21-18(19)25/h6-9,11-13,24H,10H2,1-5H3,(H2,19,25). The number of nitrogens with zero attached hydrogens (tertiary/aromatic N) is 4. The van der Waals surface area contributed by atoms with Crippen LogP contribution in [0.1, 0.15) is 40.7 Å². The van der Waals surface area contributed by atoms with Gasteiger partial charge in [-0.05, 0) is 40.7 Å². The summed E-state index contributed by atoms with van der Waals surface area (Å²) in [6.45, 7) is 11.5. The van der Waals surface area contributed by atoms with Gasteiger partial charge in [0, 0.05) is 30.1 Å². The summed E-state index contributed by atoms with van der Waals surface area (Å²) < 4.78 is 1.84. The van der Waals surface area contributed by atoms with Crippen molar-refractivity contribution in [2.24, 2.45) is 16.0 Å². The number of hydrogen-bond donors (Lipinski definition) is 2. The number of aromatic nitrogens is 1. The van der Waals surface area contributed by atoms with Gasteiger partial charge in [-0.3, -0.25) is 4.90 Å². The molecule has 0 spiro atoms. The van der Waals surface area contributed by atoms with E-state index in [4.69, 9.17) is 5.73 Å². The number of amides is 2. The van der Waals surface area contributed by atoms with Gasteiger partial charge >= 0.3 is 6.03 Å². The quantitative estimate of drug-likeness (QED) is 0.768. The van der Waals surface area contributed by atoms with Crippen molar-refractivity contribution in [1.82, 2.24) is 9.47 Å². The SMILES string of the molecule is CC(C)N(CC(C)n1c(O)c(N=NC(N)=O)c2ccccc21)C(C)C. The van der Waals surface area contributed by atoms with Crippen molar-refractivity contribution in [1.29, 1.82) is 0 Å². The van der Waals surface area contributed by atoms with Crippen LogP contribution >= 0.6 is 0 Å². The Kier molecular flexibility index (Phi) is 5.79. The number of carbonyl (C=O) groups is 1. The van der Waals surface area contributed by atoms with Crippen LogP contribution in [0, 0.1) is 0 Å². The van der Waals surface area contributed by atoms with E-state index < -0.39 is 6.03 Å². The molecule has 25 heavy (non-hydrogen) atoms. The predicted molar refractivity (Wildman–Crippen MR) is 99.4 cm³/mol. The van der Waals surface area contributed by atoms with E-state index >= 15 is 0 Å². The fourth-order valence-electron chi connectivity index (χ4n) is 3.28. The molecule has 2 aromatic rings. The van der Waals surface area contributed by atoms with E-state index in [0.717, 1.165) is 17.4 Å². The molecule has 136 valence electrons. The number of para-hydroxylation sites is 1. The maximum absolute atomic E-state index is 10.9. The highest BCUT2D eigenvalue weighted by atomic mass is 16.3. The Morgan fingerprint density at radius 1 is 1.20 bits per heavy atom. The number of primary amides is 1. The number of urea groups is 1. The van der Waals surface area contributed by atoms with E-state index in [0.29, 0.717) is 12.1 Å². The predicted octanol–water partition coefficient (Wildman–Crippen LogP) is 4.19. The lowest BCUT2D eigenvalue weighted by Crippen LogP contribution is -2.40. The van der Waals surface area contributed by atoms with Gasteiger partial charge in [-0.1, -0.05) is 23.3 Å². The van der Waals surface area contributed by atoms with Gasteiger partial charge in [-0.2, -0.15) is 0 Å². The second-order valence-electron chi connectivity index (χ2n) is 6.83. The molecule has 1 aromatic carbocycles. The number of hydrogen-bond acceptors (Lipinski definition) is 4. The molecule has 7 nitrogen and oxygen atoms in total. The van der Waals surface area contributed by atoms with Crippen LogP contribution in [0.15, 0.2) is 34.5 Å².